The lowest BCUT2D eigenvalue weighted by atomic mass is 9.75. The van der Waals surface area contributed by atoms with Crippen LogP contribution in [0.5, 0.6) is 0 Å². The monoisotopic (exact) mass is 298 g/mol. The summed E-state index contributed by atoms with van der Waals surface area (Å²) in [6.45, 7) is 6.00. The lowest BCUT2D eigenvalue weighted by Crippen LogP contribution is -2.32. The Labute approximate surface area is 123 Å². The molecule has 0 amide bonds. The molecule has 1 unspecified atom stereocenters. The van der Waals surface area contributed by atoms with Gasteiger partial charge in [0.1, 0.15) is 5.69 Å². The second-order valence-electron chi connectivity index (χ2n) is 6.13. The van der Waals surface area contributed by atoms with Gasteiger partial charge < -0.3 is 5.32 Å². The molecule has 0 spiro atoms. The summed E-state index contributed by atoms with van der Waals surface area (Å²) in [6.07, 6.45) is 4.24. The number of nitro groups is 1. The number of aromatic nitrogens is 2. The molecule has 1 aliphatic carbocycles. The van der Waals surface area contributed by atoms with Crippen LogP contribution in [0.15, 0.2) is 0 Å². The lowest BCUT2D eigenvalue weighted by Gasteiger charge is -2.35. The van der Waals surface area contributed by atoms with E-state index in [-0.39, 0.29) is 33.9 Å². The van der Waals surface area contributed by atoms with Gasteiger partial charge in [-0.3, -0.25) is 10.1 Å². The van der Waals surface area contributed by atoms with Crippen molar-refractivity contribution < 1.29 is 4.92 Å². The molecule has 1 saturated carbocycles. The third-order valence-electron chi connectivity index (χ3n) is 3.76. The molecule has 6 nitrogen and oxygen atoms in total. The van der Waals surface area contributed by atoms with Crippen molar-refractivity contribution in [3.63, 3.8) is 0 Å². The summed E-state index contributed by atoms with van der Waals surface area (Å²) in [7, 11) is 0. The van der Waals surface area contributed by atoms with Crippen molar-refractivity contribution in [3.05, 3.63) is 21.1 Å². The van der Waals surface area contributed by atoms with Crippen LogP contribution in [0.3, 0.4) is 0 Å². The Morgan fingerprint density at radius 1 is 1.45 bits per heavy atom. The Kier molecular flexibility index (Phi) is 4.13. The predicted molar refractivity (Wildman–Crippen MR) is 78.1 cm³/mol. The van der Waals surface area contributed by atoms with Gasteiger partial charge in [-0.25, -0.2) is 4.98 Å². The molecule has 1 aliphatic rings. The highest BCUT2D eigenvalue weighted by Crippen LogP contribution is 2.37. The fraction of sp³-hybridized carbons (Fsp3) is 0.692. The lowest BCUT2D eigenvalue weighted by molar-refractivity contribution is -0.385. The second-order valence-corrected chi connectivity index (χ2v) is 6.47. The Hall–Kier alpha value is -1.43. The fourth-order valence-electron chi connectivity index (χ4n) is 2.87. The summed E-state index contributed by atoms with van der Waals surface area (Å²) in [5.41, 5.74) is 0.446. The number of nitrogens with one attached hydrogen (secondary N) is 1. The molecule has 0 aliphatic heterocycles. The van der Waals surface area contributed by atoms with Crippen LogP contribution >= 0.6 is 11.6 Å². The van der Waals surface area contributed by atoms with Crippen LogP contribution in [-0.2, 0) is 0 Å². The van der Waals surface area contributed by atoms with Gasteiger partial charge in [0.05, 0.1) is 4.92 Å². The van der Waals surface area contributed by atoms with Crippen LogP contribution in [-0.4, -0.2) is 20.9 Å². The first-order chi connectivity index (χ1) is 9.28. The van der Waals surface area contributed by atoms with Gasteiger partial charge in [-0.2, -0.15) is 4.98 Å². The molecule has 110 valence electrons. The topological polar surface area (TPSA) is 81.0 Å². The Morgan fingerprint density at radius 3 is 2.75 bits per heavy atom. The molecule has 1 fully saturated rings. The molecular formula is C13H19ClN4O2. The number of hydrogen-bond acceptors (Lipinski definition) is 5. The summed E-state index contributed by atoms with van der Waals surface area (Å²) >= 11 is 5.82. The SMILES string of the molecule is Cc1nc(Cl)nc(NC2CCCC(C)(C)C2)c1[N+](=O)[O-]. The molecule has 1 heterocycles. The smallest absolute Gasteiger partial charge is 0.332 e. The first kappa shape index (κ1) is 15.0. The zero-order valence-corrected chi connectivity index (χ0v) is 12.7. The number of halogens is 1. The van der Waals surface area contributed by atoms with Crippen molar-refractivity contribution in [1.29, 1.82) is 0 Å². The van der Waals surface area contributed by atoms with E-state index in [0.717, 1.165) is 19.3 Å². The van der Waals surface area contributed by atoms with E-state index in [4.69, 9.17) is 11.6 Å². The van der Waals surface area contributed by atoms with E-state index in [2.05, 4.69) is 29.1 Å². The minimum atomic E-state index is -0.456. The average molecular weight is 299 g/mol. The highest BCUT2D eigenvalue weighted by molar-refractivity contribution is 6.28. The summed E-state index contributed by atoms with van der Waals surface area (Å²) in [5, 5.41) is 14.4. The minimum Gasteiger partial charge on any atom is -0.361 e. The van der Waals surface area contributed by atoms with Gasteiger partial charge >= 0.3 is 5.69 Å². The predicted octanol–water partition coefficient (Wildman–Crippen LogP) is 3.73. The number of aryl methyl sites for hydroxylation is 1. The zero-order chi connectivity index (χ0) is 14.9. The van der Waals surface area contributed by atoms with Crippen LogP contribution in [0.2, 0.25) is 5.28 Å². The second kappa shape index (κ2) is 5.52. The zero-order valence-electron chi connectivity index (χ0n) is 11.9. The maximum atomic E-state index is 11.2. The van der Waals surface area contributed by atoms with Gasteiger partial charge in [-0.15, -0.1) is 0 Å². The van der Waals surface area contributed by atoms with Gasteiger partial charge in [-0.1, -0.05) is 20.3 Å². The van der Waals surface area contributed by atoms with Crippen molar-refractivity contribution in [2.45, 2.75) is 52.5 Å². The van der Waals surface area contributed by atoms with Crippen molar-refractivity contribution in [1.82, 2.24) is 9.97 Å². The molecular weight excluding hydrogens is 280 g/mol. The molecule has 1 aromatic rings. The summed E-state index contributed by atoms with van der Waals surface area (Å²) in [5.74, 6) is 0.232. The van der Waals surface area contributed by atoms with Crippen LogP contribution < -0.4 is 5.32 Å². The Bertz CT molecular complexity index is 533. The summed E-state index contributed by atoms with van der Waals surface area (Å²) in [6, 6.07) is 0.183. The highest BCUT2D eigenvalue weighted by atomic mass is 35.5. The largest absolute Gasteiger partial charge is 0.361 e. The third-order valence-corrected chi connectivity index (χ3v) is 3.93. The third kappa shape index (κ3) is 3.36. The summed E-state index contributed by atoms with van der Waals surface area (Å²) < 4.78 is 0. The quantitative estimate of drug-likeness (QED) is 0.522. The van der Waals surface area contributed by atoms with Crippen LogP contribution in [0.25, 0.3) is 0 Å². The molecule has 0 bridgehead atoms. The van der Waals surface area contributed by atoms with E-state index in [9.17, 15) is 10.1 Å². The minimum absolute atomic E-state index is 0.0330. The molecule has 1 N–H and O–H groups in total. The standard InChI is InChI=1S/C13H19ClN4O2/c1-8-10(18(19)20)11(17-12(14)15-8)16-9-5-4-6-13(2,3)7-9/h9H,4-7H2,1-3H3,(H,15,16,17). The molecule has 1 aromatic heterocycles. The van der Waals surface area contributed by atoms with Gasteiger partial charge in [0.15, 0.2) is 0 Å². The van der Waals surface area contributed by atoms with Gasteiger partial charge in [0.25, 0.3) is 0 Å². The van der Waals surface area contributed by atoms with Gasteiger partial charge in [0, 0.05) is 6.04 Å². The van der Waals surface area contributed by atoms with Crippen LogP contribution in [0, 0.1) is 22.5 Å². The molecule has 0 radical (unpaired) electrons. The molecule has 0 aromatic carbocycles. The maximum absolute atomic E-state index is 11.2. The molecule has 0 saturated heterocycles. The van der Waals surface area contributed by atoms with E-state index >= 15 is 0 Å². The first-order valence-electron chi connectivity index (χ1n) is 6.73. The molecule has 2 rings (SSSR count). The first-order valence-corrected chi connectivity index (χ1v) is 7.11. The van der Waals surface area contributed by atoms with E-state index in [0.29, 0.717) is 0 Å². The molecule has 7 heteroatoms. The van der Waals surface area contributed by atoms with E-state index in [1.54, 1.807) is 6.92 Å². The van der Waals surface area contributed by atoms with Crippen molar-refractivity contribution >= 4 is 23.1 Å². The molecule has 20 heavy (non-hydrogen) atoms. The Balaban J connectivity index is 2.26. The van der Waals surface area contributed by atoms with Crippen molar-refractivity contribution in [2.75, 3.05) is 5.32 Å². The molecule has 1 atom stereocenters. The number of rotatable bonds is 3. The highest BCUT2D eigenvalue weighted by Gasteiger charge is 2.30. The van der Waals surface area contributed by atoms with E-state index in [1.807, 2.05) is 0 Å². The number of anilines is 1. The summed E-state index contributed by atoms with van der Waals surface area (Å²) in [4.78, 5) is 18.6. The van der Waals surface area contributed by atoms with E-state index in [1.165, 1.54) is 6.42 Å². The van der Waals surface area contributed by atoms with Gasteiger partial charge in [-0.05, 0) is 43.2 Å². The van der Waals surface area contributed by atoms with E-state index < -0.39 is 4.92 Å². The number of nitrogens with zero attached hydrogens (tertiary/aromatic N) is 3. The fourth-order valence-corrected chi connectivity index (χ4v) is 3.08. The van der Waals surface area contributed by atoms with Crippen molar-refractivity contribution in [3.8, 4) is 0 Å². The average Bonchev–Trinajstić information content (AvgIpc) is 2.25. The normalized spacial score (nSPS) is 21.5. The van der Waals surface area contributed by atoms with Gasteiger partial charge in [0.2, 0.25) is 11.1 Å². The Morgan fingerprint density at radius 2 is 2.15 bits per heavy atom. The maximum Gasteiger partial charge on any atom is 0.332 e. The van der Waals surface area contributed by atoms with Crippen LogP contribution in [0.1, 0.15) is 45.2 Å². The van der Waals surface area contributed by atoms with Crippen LogP contribution in [0.4, 0.5) is 11.5 Å². The number of hydrogen-bond donors (Lipinski definition) is 1. The van der Waals surface area contributed by atoms with Crippen molar-refractivity contribution in [2.24, 2.45) is 5.41 Å².